The molecule has 0 heterocycles. The Hall–Kier alpha value is -3.23. The van der Waals surface area contributed by atoms with Crippen LogP contribution in [0, 0.1) is 5.82 Å². The molecule has 0 bridgehead atoms. The van der Waals surface area contributed by atoms with E-state index in [1.807, 2.05) is 0 Å². The van der Waals surface area contributed by atoms with E-state index in [9.17, 15) is 27.2 Å². The first-order valence-electron chi connectivity index (χ1n) is 7.28. The summed E-state index contributed by atoms with van der Waals surface area (Å²) in [6, 6.07) is 9.13. The lowest BCUT2D eigenvalue weighted by molar-refractivity contribution is -0.137. The Kier molecular flexibility index (Phi) is 6.05. The van der Waals surface area contributed by atoms with Gasteiger partial charge in [-0.15, -0.1) is 0 Å². The number of rotatable bonds is 5. The molecule has 9 heteroatoms. The Morgan fingerprint density at radius 1 is 1.08 bits per heavy atom. The number of nitrogens with one attached hydrogen (secondary N) is 2. The van der Waals surface area contributed by atoms with Crippen LogP contribution in [0.3, 0.4) is 0 Å². The second kappa shape index (κ2) is 8.24. The zero-order valence-electron chi connectivity index (χ0n) is 13.2. The number of hydrazone groups is 1. The molecule has 2 N–H and O–H groups in total. The van der Waals surface area contributed by atoms with Gasteiger partial charge in [-0.3, -0.25) is 9.59 Å². The highest BCUT2D eigenvalue weighted by Crippen LogP contribution is 2.28. The van der Waals surface area contributed by atoms with Crippen molar-refractivity contribution < 1.29 is 27.2 Å². The van der Waals surface area contributed by atoms with Crippen molar-refractivity contribution in [2.45, 2.75) is 6.18 Å². The number of hydrogen-bond donors (Lipinski definition) is 2. The Bertz CT molecular complexity index is 818. The summed E-state index contributed by atoms with van der Waals surface area (Å²) in [6.45, 7) is -0.403. The SMILES string of the molecule is O=C(CNC(=O)c1cccc(F)c1)N/N=C\c1ccc(C(F)(F)F)cc1. The standard InChI is InChI=1S/C17H13F4N3O2/c18-14-3-1-2-12(8-14)16(26)22-10-15(25)24-23-9-11-4-6-13(7-5-11)17(19,20)21/h1-9H,10H2,(H,22,26)(H,24,25)/b23-9-. The van der Waals surface area contributed by atoms with Crippen LogP contribution >= 0.6 is 0 Å². The minimum Gasteiger partial charge on any atom is -0.343 e. The molecule has 0 saturated heterocycles. The molecule has 136 valence electrons. The molecule has 5 nitrogen and oxygen atoms in total. The minimum absolute atomic E-state index is 0.0612. The summed E-state index contributed by atoms with van der Waals surface area (Å²) >= 11 is 0. The molecule has 0 atom stereocenters. The van der Waals surface area contributed by atoms with Crippen LogP contribution in [0.4, 0.5) is 17.6 Å². The second-order valence-electron chi connectivity index (χ2n) is 5.11. The average Bonchev–Trinajstić information content (AvgIpc) is 2.59. The van der Waals surface area contributed by atoms with E-state index in [-0.39, 0.29) is 5.56 Å². The zero-order valence-corrected chi connectivity index (χ0v) is 13.2. The van der Waals surface area contributed by atoms with Crippen molar-refractivity contribution in [3.63, 3.8) is 0 Å². The Labute approximate surface area is 145 Å². The largest absolute Gasteiger partial charge is 0.416 e. The lowest BCUT2D eigenvalue weighted by Gasteiger charge is -2.06. The van der Waals surface area contributed by atoms with E-state index in [0.29, 0.717) is 5.56 Å². The van der Waals surface area contributed by atoms with Crippen LogP contribution in [0.5, 0.6) is 0 Å². The first-order valence-corrected chi connectivity index (χ1v) is 7.28. The maximum Gasteiger partial charge on any atom is 0.416 e. The first kappa shape index (κ1) is 19.1. The second-order valence-corrected chi connectivity index (χ2v) is 5.11. The van der Waals surface area contributed by atoms with Gasteiger partial charge in [-0.2, -0.15) is 18.3 Å². The molecule has 0 aliphatic rings. The van der Waals surface area contributed by atoms with Gasteiger partial charge in [0.1, 0.15) is 5.82 Å². The van der Waals surface area contributed by atoms with Crippen molar-refractivity contribution in [1.82, 2.24) is 10.7 Å². The molecule has 0 spiro atoms. The van der Waals surface area contributed by atoms with Crippen LogP contribution in [-0.2, 0) is 11.0 Å². The van der Waals surface area contributed by atoms with Gasteiger partial charge in [0.2, 0.25) is 0 Å². The third-order valence-corrected chi connectivity index (χ3v) is 3.14. The zero-order chi connectivity index (χ0) is 19.2. The number of hydrogen-bond acceptors (Lipinski definition) is 3. The van der Waals surface area contributed by atoms with Crippen LogP contribution in [0.1, 0.15) is 21.5 Å². The third kappa shape index (κ3) is 5.69. The van der Waals surface area contributed by atoms with Gasteiger partial charge >= 0.3 is 6.18 Å². The summed E-state index contributed by atoms with van der Waals surface area (Å²) in [5, 5.41) is 5.86. The van der Waals surface area contributed by atoms with Crippen molar-refractivity contribution in [3.8, 4) is 0 Å². The van der Waals surface area contributed by atoms with Crippen molar-refractivity contribution in [2.24, 2.45) is 5.10 Å². The molecule has 2 rings (SSSR count). The molecular weight excluding hydrogens is 354 g/mol. The van der Waals surface area contributed by atoms with Crippen molar-refractivity contribution in [2.75, 3.05) is 6.54 Å². The van der Waals surface area contributed by atoms with Gasteiger partial charge in [0.25, 0.3) is 11.8 Å². The number of benzene rings is 2. The number of carbonyl (C=O) groups is 2. The Morgan fingerprint density at radius 2 is 1.77 bits per heavy atom. The number of alkyl halides is 3. The maximum atomic E-state index is 13.0. The molecule has 0 fully saturated rings. The van der Waals surface area contributed by atoms with Crippen molar-refractivity contribution in [3.05, 3.63) is 71.0 Å². The molecule has 2 amide bonds. The lowest BCUT2D eigenvalue weighted by Crippen LogP contribution is -2.34. The predicted octanol–water partition coefficient (Wildman–Crippen LogP) is 2.72. The van der Waals surface area contributed by atoms with E-state index in [1.165, 1.54) is 30.3 Å². The number of nitrogens with zero attached hydrogens (tertiary/aromatic N) is 1. The average molecular weight is 367 g/mol. The molecule has 0 aliphatic carbocycles. The van der Waals surface area contributed by atoms with Crippen LogP contribution < -0.4 is 10.7 Å². The van der Waals surface area contributed by atoms with Crippen molar-refractivity contribution >= 4 is 18.0 Å². The molecule has 2 aromatic rings. The maximum absolute atomic E-state index is 13.0. The summed E-state index contributed by atoms with van der Waals surface area (Å²) in [5.74, 6) is -1.87. The predicted molar refractivity (Wildman–Crippen MR) is 85.9 cm³/mol. The Balaban J connectivity index is 1.81. The first-order chi connectivity index (χ1) is 12.3. The van der Waals surface area contributed by atoms with E-state index in [0.717, 1.165) is 24.4 Å². The van der Waals surface area contributed by atoms with Crippen molar-refractivity contribution in [1.29, 1.82) is 0 Å². The van der Waals surface area contributed by atoms with E-state index < -0.39 is 35.9 Å². The van der Waals surface area contributed by atoms with Gasteiger partial charge < -0.3 is 5.32 Å². The van der Waals surface area contributed by atoms with Gasteiger partial charge in [0.15, 0.2) is 0 Å². The lowest BCUT2D eigenvalue weighted by atomic mass is 10.1. The molecular formula is C17H13F4N3O2. The molecule has 2 aromatic carbocycles. The fourth-order valence-corrected chi connectivity index (χ4v) is 1.87. The number of amides is 2. The van der Waals surface area contributed by atoms with Gasteiger partial charge in [-0.25, -0.2) is 9.82 Å². The fraction of sp³-hybridized carbons (Fsp3) is 0.118. The minimum atomic E-state index is -4.43. The molecule has 26 heavy (non-hydrogen) atoms. The molecule has 0 aromatic heterocycles. The highest BCUT2D eigenvalue weighted by Gasteiger charge is 2.29. The summed E-state index contributed by atoms with van der Waals surface area (Å²) in [4.78, 5) is 23.3. The van der Waals surface area contributed by atoms with E-state index in [1.54, 1.807) is 0 Å². The monoisotopic (exact) mass is 367 g/mol. The van der Waals surface area contributed by atoms with E-state index in [4.69, 9.17) is 0 Å². The van der Waals surface area contributed by atoms with Gasteiger partial charge in [0.05, 0.1) is 18.3 Å². The Morgan fingerprint density at radius 3 is 2.38 bits per heavy atom. The number of carbonyl (C=O) groups excluding carboxylic acids is 2. The van der Waals surface area contributed by atoms with E-state index >= 15 is 0 Å². The quantitative estimate of drug-likeness (QED) is 0.485. The number of halogens is 4. The van der Waals surface area contributed by atoms with Gasteiger partial charge in [-0.05, 0) is 35.9 Å². The van der Waals surface area contributed by atoms with Gasteiger partial charge in [-0.1, -0.05) is 18.2 Å². The fourth-order valence-electron chi connectivity index (χ4n) is 1.87. The molecule has 0 saturated carbocycles. The summed E-state index contributed by atoms with van der Waals surface area (Å²) in [5.41, 5.74) is 1.73. The summed E-state index contributed by atoms with van der Waals surface area (Å²) in [7, 11) is 0. The van der Waals surface area contributed by atoms with E-state index in [2.05, 4.69) is 15.8 Å². The summed E-state index contributed by atoms with van der Waals surface area (Å²) < 4.78 is 50.3. The highest BCUT2D eigenvalue weighted by molar-refractivity contribution is 5.96. The third-order valence-electron chi connectivity index (χ3n) is 3.14. The smallest absolute Gasteiger partial charge is 0.343 e. The summed E-state index contributed by atoms with van der Waals surface area (Å²) in [6.07, 6.45) is -3.27. The highest BCUT2D eigenvalue weighted by atomic mass is 19.4. The van der Waals surface area contributed by atoms with Crippen LogP contribution in [0.2, 0.25) is 0 Å². The normalized spacial score (nSPS) is 11.4. The van der Waals surface area contributed by atoms with Crippen LogP contribution in [-0.4, -0.2) is 24.6 Å². The van der Waals surface area contributed by atoms with Gasteiger partial charge in [0, 0.05) is 5.56 Å². The topological polar surface area (TPSA) is 70.6 Å². The molecule has 0 radical (unpaired) electrons. The van der Waals surface area contributed by atoms with Crippen LogP contribution in [0.15, 0.2) is 53.6 Å². The molecule has 0 unspecified atom stereocenters. The van der Waals surface area contributed by atoms with Crippen LogP contribution in [0.25, 0.3) is 0 Å². The molecule has 0 aliphatic heterocycles.